The first kappa shape index (κ1) is 17.1. The van der Waals surface area contributed by atoms with Crippen LogP contribution in [0.15, 0.2) is 0 Å². The average Bonchev–Trinajstić information content (AvgIpc) is 2.35. The molecule has 17 heavy (non-hydrogen) atoms. The molecule has 0 spiro atoms. The first-order chi connectivity index (χ1) is 8.24. The fourth-order valence-corrected chi connectivity index (χ4v) is 3.11. The normalized spacial score (nSPS) is 13.2. The fraction of sp³-hybridized carbons (Fsp3) is 1.00. The molecule has 0 bridgehead atoms. The Morgan fingerprint density at radius 2 is 1.41 bits per heavy atom. The van der Waals surface area contributed by atoms with Crippen molar-refractivity contribution in [1.29, 1.82) is 0 Å². The monoisotopic (exact) mass is 261 g/mol. The second kappa shape index (κ2) is 12.6. The third-order valence-electron chi connectivity index (χ3n) is 3.26. The van der Waals surface area contributed by atoms with Crippen molar-refractivity contribution in [2.75, 3.05) is 31.1 Å². The van der Waals surface area contributed by atoms with E-state index in [2.05, 4.69) is 25.7 Å². The van der Waals surface area contributed by atoms with Crippen molar-refractivity contribution in [2.24, 2.45) is 0 Å². The van der Waals surface area contributed by atoms with E-state index in [-0.39, 0.29) is 0 Å². The molecule has 0 radical (unpaired) electrons. The smallest absolute Gasteiger partial charge is 0.0362 e. The zero-order valence-electron chi connectivity index (χ0n) is 12.0. The van der Waals surface area contributed by atoms with Gasteiger partial charge in [-0.05, 0) is 19.5 Å². The maximum atomic E-state index is 11.8. The molecule has 0 amide bonds. The Bertz CT molecular complexity index is 181. The van der Waals surface area contributed by atoms with E-state index in [0.29, 0.717) is 0 Å². The van der Waals surface area contributed by atoms with Crippen molar-refractivity contribution in [3.05, 3.63) is 0 Å². The summed E-state index contributed by atoms with van der Waals surface area (Å²) in [4.78, 5) is 2.35. The maximum absolute atomic E-state index is 11.8. The van der Waals surface area contributed by atoms with E-state index in [4.69, 9.17) is 0 Å². The van der Waals surface area contributed by atoms with E-state index in [1.54, 1.807) is 0 Å². The Labute approximate surface area is 111 Å². The molecular weight excluding hydrogens is 230 g/mol. The molecule has 0 aliphatic rings. The van der Waals surface area contributed by atoms with E-state index in [1.165, 1.54) is 32.1 Å². The largest absolute Gasteiger partial charge is 0.303 e. The van der Waals surface area contributed by atoms with E-state index in [1.807, 2.05) is 0 Å². The van der Waals surface area contributed by atoms with E-state index in [0.717, 1.165) is 37.6 Å². The van der Waals surface area contributed by atoms with Gasteiger partial charge in [0.25, 0.3) is 0 Å². The van der Waals surface area contributed by atoms with Gasteiger partial charge >= 0.3 is 0 Å². The highest BCUT2D eigenvalue weighted by molar-refractivity contribution is 7.84. The van der Waals surface area contributed by atoms with Crippen LogP contribution in [0.5, 0.6) is 0 Å². The highest BCUT2D eigenvalue weighted by Crippen LogP contribution is 2.05. The molecule has 0 saturated carbocycles. The number of rotatable bonds is 12. The Balaban J connectivity index is 3.34. The molecule has 0 heterocycles. The summed E-state index contributed by atoms with van der Waals surface area (Å²) in [5, 5.41) is 0. The van der Waals surface area contributed by atoms with Gasteiger partial charge in [0.05, 0.1) is 0 Å². The molecular formula is C14H31NOS. The summed E-state index contributed by atoms with van der Waals surface area (Å²) in [5.74, 6) is 1.77. The lowest BCUT2D eigenvalue weighted by atomic mass is 10.1. The topological polar surface area (TPSA) is 20.3 Å². The van der Waals surface area contributed by atoms with Gasteiger partial charge in [0.2, 0.25) is 0 Å². The summed E-state index contributed by atoms with van der Waals surface area (Å²) in [6, 6.07) is 0. The van der Waals surface area contributed by atoms with Crippen molar-refractivity contribution in [2.45, 2.75) is 59.3 Å². The van der Waals surface area contributed by atoms with Crippen LogP contribution in [0.1, 0.15) is 59.3 Å². The zero-order valence-corrected chi connectivity index (χ0v) is 12.9. The minimum absolute atomic E-state index is 0.593. The van der Waals surface area contributed by atoms with Crippen LogP contribution in [-0.4, -0.2) is 40.2 Å². The Morgan fingerprint density at radius 1 is 0.824 bits per heavy atom. The van der Waals surface area contributed by atoms with Gasteiger partial charge in [0.15, 0.2) is 0 Å². The average molecular weight is 261 g/mol. The van der Waals surface area contributed by atoms with Crippen LogP contribution in [0.2, 0.25) is 0 Å². The van der Waals surface area contributed by atoms with Gasteiger partial charge in [0.1, 0.15) is 0 Å². The van der Waals surface area contributed by atoms with Gasteiger partial charge in [-0.3, -0.25) is 4.21 Å². The molecule has 0 aliphatic heterocycles. The summed E-state index contributed by atoms with van der Waals surface area (Å²) < 4.78 is 11.8. The van der Waals surface area contributed by atoms with Crippen molar-refractivity contribution in [3.63, 3.8) is 0 Å². The third kappa shape index (κ3) is 11.0. The molecule has 0 aromatic rings. The summed E-state index contributed by atoms with van der Waals surface area (Å²) >= 11 is 0. The SMILES string of the molecule is CCCCCCCCS(=O)CCN(CC)CC. The van der Waals surface area contributed by atoms with Crippen molar-refractivity contribution in [1.82, 2.24) is 4.90 Å². The van der Waals surface area contributed by atoms with Crippen LogP contribution in [-0.2, 0) is 10.8 Å². The minimum atomic E-state index is -0.593. The molecule has 0 fully saturated rings. The van der Waals surface area contributed by atoms with Crippen LogP contribution in [0.3, 0.4) is 0 Å². The number of nitrogens with zero attached hydrogens (tertiary/aromatic N) is 1. The van der Waals surface area contributed by atoms with Crippen molar-refractivity contribution >= 4 is 10.8 Å². The van der Waals surface area contributed by atoms with Crippen molar-refractivity contribution < 1.29 is 4.21 Å². The summed E-state index contributed by atoms with van der Waals surface area (Å²) in [5.41, 5.74) is 0. The molecule has 1 unspecified atom stereocenters. The van der Waals surface area contributed by atoms with Crippen LogP contribution in [0.25, 0.3) is 0 Å². The predicted octanol–water partition coefficient (Wildman–Crippen LogP) is 3.44. The molecule has 0 N–H and O–H groups in total. The maximum Gasteiger partial charge on any atom is 0.0362 e. The Hall–Kier alpha value is 0.110. The van der Waals surface area contributed by atoms with E-state index >= 15 is 0 Å². The van der Waals surface area contributed by atoms with E-state index < -0.39 is 10.8 Å². The molecule has 2 nitrogen and oxygen atoms in total. The molecule has 0 aromatic carbocycles. The van der Waals surface area contributed by atoms with Crippen LogP contribution in [0.4, 0.5) is 0 Å². The lowest BCUT2D eigenvalue weighted by Gasteiger charge is -2.17. The molecule has 0 rings (SSSR count). The molecule has 104 valence electrons. The summed E-state index contributed by atoms with van der Waals surface area (Å²) in [6.07, 6.45) is 7.73. The van der Waals surface area contributed by atoms with Crippen molar-refractivity contribution in [3.8, 4) is 0 Å². The highest BCUT2D eigenvalue weighted by atomic mass is 32.2. The second-order valence-corrected chi connectivity index (χ2v) is 6.34. The Morgan fingerprint density at radius 3 is 2.00 bits per heavy atom. The number of unbranched alkanes of at least 4 members (excludes halogenated alkanes) is 5. The van der Waals surface area contributed by atoms with Gasteiger partial charge in [-0.15, -0.1) is 0 Å². The quantitative estimate of drug-likeness (QED) is 0.502. The first-order valence-electron chi connectivity index (χ1n) is 7.31. The van der Waals surface area contributed by atoms with Gasteiger partial charge in [-0.1, -0.05) is 52.9 Å². The lowest BCUT2D eigenvalue weighted by Crippen LogP contribution is -2.28. The predicted molar refractivity (Wildman–Crippen MR) is 79.0 cm³/mol. The second-order valence-electron chi connectivity index (χ2n) is 4.64. The lowest BCUT2D eigenvalue weighted by molar-refractivity contribution is 0.323. The Kier molecular flexibility index (Phi) is 12.6. The molecule has 0 saturated heterocycles. The van der Waals surface area contributed by atoms with E-state index in [9.17, 15) is 4.21 Å². The standard InChI is InChI=1S/C14H31NOS/c1-4-7-8-9-10-11-13-17(16)14-12-15(5-2)6-3/h4-14H2,1-3H3. The molecule has 1 atom stereocenters. The first-order valence-corrected chi connectivity index (χ1v) is 8.80. The highest BCUT2D eigenvalue weighted by Gasteiger charge is 2.03. The molecule has 3 heteroatoms. The van der Waals surface area contributed by atoms with Crippen LogP contribution in [0, 0.1) is 0 Å². The van der Waals surface area contributed by atoms with Gasteiger partial charge in [0, 0.05) is 28.9 Å². The minimum Gasteiger partial charge on any atom is -0.303 e. The fourth-order valence-electron chi connectivity index (χ4n) is 1.92. The van der Waals surface area contributed by atoms with Crippen LogP contribution >= 0.6 is 0 Å². The molecule has 0 aromatic heterocycles. The number of hydrogen-bond acceptors (Lipinski definition) is 2. The summed E-state index contributed by atoms with van der Waals surface area (Å²) in [7, 11) is -0.593. The van der Waals surface area contributed by atoms with Gasteiger partial charge in [-0.25, -0.2) is 0 Å². The third-order valence-corrected chi connectivity index (χ3v) is 4.64. The van der Waals surface area contributed by atoms with Gasteiger partial charge < -0.3 is 4.90 Å². The van der Waals surface area contributed by atoms with Crippen LogP contribution < -0.4 is 0 Å². The molecule has 0 aliphatic carbocycles. The van der Waals surface area contributed by atoms with Gasteiger partial charge in [-0.2, -0.15) is 0 Å². The zero-order chi connectivity index (χ0) is 12.9. The number of hydrogen-bond donors (Lipinski definition) is 0. The summed E-state index contributed by atoms with van der Waals surface area (Å²) in [6.45, 7) is 9.72.